The maximum atomic E-state index is 5.39. The first kappa shape index (κ1) is 8.86. The Labute approximate surface area is 73.6 Å². The second-order valence-corrected chi connectivity index (χ2v) is 3.33. The first-order chi connectivity index (χ1) is 5.60. The molecule has 0 radical (unpaired) electrons. The van der Waals surface area contributed by atoms with Gasteiger partial charge in [0.2, 0.25) is 0 Å². The van der Waals surface area contributed by atoms with Gasteiger partial charge >= 0.3 is 0 Å². The van der Waals surface area contributed by atoms with Crippen molar-refractivity contribution in [3.63, 3.8) is 0 Å². The van der Waals surface area contributed by atoms with E-state index < -0.39 is 0 Å². The zero-order chi connectivity index (χ0) is 9.19. The molecule has 1 aromatic heterocycles. The Hall–Kier alpha value is -1.23. The van der Waals surface area contributed by atoms with Crippen molar-refractivity contribution in [3.05, 3.63) is 18.0 Å². The number of terminal acetylenes is 1. The van der Waals surface area contributed by atoms with Crippen molar-refractivity contribution in [1.29, 1.82) is 0 Å². The Morgan fingerprint density at radius 2 is 2.33 bits per heavy atom. The van der Waals surface area contributed by atoms with E-state index in [0.717, 1.165) is 12.2 Å². The summed E-state index contributed by atoms with van der Waals surface area (Å²) in [6.07, 6.45) is 7.34. The van der Waals surface area contributed by atoms with E-state index in [2.05, 4.69) is 17.9 Å². The molecule has 0 atom stereocenters. The standard InChI is InChI=1S/C10H14N2/c1-5-10(3,4)9-7-8-12(6-2)11-9/h1,7-8H,6H2,2-4H3. The second-order valence-electron chi connectivity index (χ2n) is 3.33. The van der Waals surface area contributed by atoms with E-state index in [4.69, 9.17) is 6.42 Å². The van der Waals surface area contributed by atoms with Gasteiger partial charge in [-0.05, 0) is 26.8 Å². The molecule has 2 nitrogen and oxygen atoms in total. The molecule has 0 aliphatic heterocycles. The van der Waals surface area contributed by atoms with Gasteiger partial charge in [0.1, 0.15) is 0 Å². The van der Waals surface area contributed by atoms with Crippen LogP contribution in [0.2, 0.25) is 0 Å². The van der Waals surface area contributed by atoms with Crippen molar-refractivity contribution in [2.24, 2.45) is 0 Å². The fourth-order valence-electron chi connectivity index (χ4n) is 0.945. The molecule has 0 spiro atoms. The predicted molar refractivity (Wildman–Crippen MR) is 49.8 cm³/mol. The zero-order valence-electron chi connectivity index (χ0n) is 7.83. The third-order valence-corrected chi connectivity index (χ3v) is 1.97. The molecule has 2 heteroatoms. The van der Waals surface area contributed by atoms with Gasteiger partial charge in [0.25, 0.3) is 0 Å². The van der Waals surface area contributed by atoms with Crippen LogP contribution in [-0.4, -0.2) is 9.78 Å². The predicted octanol–water partition coefficient (Wildman–Crippen LogP) is 1.81. The van der Waals surface area contributed by atoms with Crippen LogP contribution < -0.4 is 0 Å². The summed E-state index contributed by atoms with van der Waals surface area (Å²) >= 11 is 0. The van der Waals surface area contributed by atoms with Crippen LogP contribution in [0.3, 0.4) is 0 Å². The highest BCUT2D eigenvalue weighted by Crippen LogP contribution is 2.19. The molecular formula is C10H14N2. The maximum absolute atomic E-state index is 5.39. The first-order valence-electron chi connectivity index (χ1n) is 4.12. The van der Waals surface area contributed by atoms with Gasteiger partial charge in [0, 0.05) is 12.7 Å². The average molecular weight is 162 g/mol. The zero-order valence-corrected chi connectivity index (χ0v) is 7.83. The highest BCUT2D eigenvalue weighted by Gasteiger charge is 2.19. The number of aryl methyl sites for hydroxylation is 1. The Balaban J connectivity index is 2.98. The number of aromatic nitrogens is 2. The molecule has 0 fully saturated rings. The minimum Gasteiger partial charge on any atom is -0.273 e. The fraction of sp³-hybridized carbons (Fsp3) is 0.500. The number of nitrogens with zero attached hydrogens (tertiary/aromatic N) is 2. The fourth-order valence-corrected chi connectivity index (χ4v) is 0.945. The first-order valence-corrected chi connectivity index (χ1v) is 4.12. The molecule has 0 bridgehead atoms. The molecule has 1 rings (SSSR count). The lowest BCUT2D eigenvalue weighted by molar-refractivity contribution is 0.600. The van der Waals surface area contributed by atoms with E-state index in [1.165, 1.54) is 0 Å². The van der Waals surface area contributed by atoms with Crippen LogP contribution in [0.1, 0.15) is 26.5 Å². The molecule has 1 heterocycles. The summed E-state index contributed by atoms with van der Waals surface area (Å²) in [6, 6.07) is 1.98. The molecule has 0 N–H and O–H groups in total. The highest BCUT2D eigenvalue weighted by atomic mass is 15.3. The summed E-state index contributed by atoms with van der Waals surface area (Å²) in [5, 5.41) is 4.35. The van der Waals surface area contributed by atoms with Gasteiger partial charge in [-0.3, -0.25) is 4.68 Å². The van der Waals surface area contributed by atoms with Gasteiger partial charge in [0.05, 0.1) is 11.1 Å². The Bertz CT molecular complexity index is 302. The van der Waals surface area contributed by atoms with E-state index in [1.807, 2.05) is 30.8 Å². The summed E-state index contributed by atoms with van der Waals surface area (Å²) in [5.74, 6) is 2.72. The minimum atomic E-state index is -0.250. The Kier molecular flexibility index (Phi) is 2.23. The van der Waals surface area contributed by atoms with Gasteiger partial charge in [-0.1, -0.05) is 5.92 Å². The Morgan fingerprint density at radius 3 is 2.75 bits per heavy atom. The van der Waals surface area contributed by atoms with Gasteiger partial charge in [-0.15, -0.1) is 6.42 Å². The largest absolute Gasteiger partial charge is 0.273 e. The van der Waals surface area contributed by atoms with Crippen molar-refractivity contribution in [2.75, 3.05) is 0 Å². The molecule has 1 aromatic rings. The minimum absolute atomic E-state index is 0.250. The summed E-state index contributed by atoms with van der Waals surface area (Å²) in [4.78, 5) is 0. The van der Waals surface area contributed by atoms with Crippen molar-refractivity contribution in [1.82, 2.24) is 9.78 Å². The van der Waals surface area contributed by atoms with Crippen molar-refractivity contribution < 1.29 is 0 Å². The molecule has 0 saturated heterocycles. The van der Waals surface area contributed by atoms with E-state index >= 15 is 0 Å². The molecule has 12 heavy (non-hydrogen) atoms. The average Bonchev–Trinajstić information content (AvgIpc) is 2.52. The van der Waals surface area contributed by atoms with Crippen LogP contribution >= 0.6 is 0 Å². The van der Waals surface area contributed by atoms with Crippen LogP contribution in [0.5, 0.6) is 0 Å². The van der Waals surface area contributed by atoms with E-state index in [0.29, 0.717) is 0 Å². The van der Waals surface area contributed by atoms with Gasteiger partial charge in [-0.25, -0.2) is 0 Å². The SMILES string of the molecule is C#CC(C)(C)c1ccn(CC)n1. The van der Waals surface area contributed by atoms with Gasteiger partial charge < -0.3 is 0 Å². The van der Waals surface area contributed by atoms with Gasteiger partial charge in [0.15, 0.2) is 0 Å². The van der Waals surface area contributed by atoms with Crippen molar-refractivity contribution >= 4 is 0 Å². The van der Waals surface area contributed by atoms with Crippen LogP contribution in [0, 0.1) is 12.3 Å². The molecule has 0 aliphatic rings. The molecule has 0 amide bonds. The monoisotopic (exact) mass is 162 g/mol. The Morgan fingerprint density at radius 1 is 1.67 bits per heavy atom. The molecular weight excluding hydrogens is 148 g/mol. The van der Waals surface area contributed by atoms with Crippen molar-refractivity contribution in [3.8, 4) is 12.3 Å². The number of hydrogen-bond donors (Lipinski definition) is 0. The number of rotatable bonds is 2. The molecule has 0 saturated carbocycles. The molecule has 64 valence electrons. The van der Waals surface area contributed by atoms with Gasteiger partial charge in [-0.2, -0.15) is 5.10 Å². The van der Waals surface area contributed by atoms with Crippen LogP contribution in [-0.2, 0) is 12.0 Å². The summed E-state index contributed by atoms with van der Waals surface area (Å²) in [5.41, 5.74) is 0.715. The lowest BCUT2D eigenvalue weighted by Gasteiger charge is -2.13. The topological polar surface area (TPSA) is 17.8 Å². The quantitative estimate of drug-likeness (QED) is 0.606. The van der Waals surface area contributed by atoms with Crippen LogP contribution in [0.4, 0.5) is 0 Å². The van der Waals surface area contributed by atoms with E-state index in [1.54, 1.807) is 0 Å². The third kappa shape index (κ3) is 1.50. The normalized spacial score (nSPS) is 11.2. The van der Waals surface area contributed by atoms with E-state index in [-0.39, 0.29) is 5.41 Å². The summed E-state index contributed by atoms with van der Waals surface area (Å²) < 4.78 is 1.88. The van der Waals surface area contributed by atoms with Crippen LogP contribution in [0.15, 0.2) is 12.3 Å². The summed E-state index contributed by atoms with van der Waals surface area (Å²) in [6.45, 7) is 6.94. The number of hydrogen-bond acceptors (Lipinski definition) is 1. The molecule has 0 unspecified atom stereocenters. The maximum Gasteiger partial charge on any atom is 0.0799 e. The van der Waals surface area contributed by atoms with E-state index in [9.17, 15) is 0 Å². The summed E-state index contributed by atoms with van der Waals surface area (Å²) in [7, 11) is 0. The van der Waals surface area contributed by atoms with Crippen LogP contribution in [0.25, 0.3) is 0 Å². The third-order valence-electron chi connectivity index (χ3n) is 1.97. The lowest BCUT2D eigenvalue weighted by Crippen LogP contribution is -2.15. The smallest absolute Gasteiger partial charge is 0.0799 e. The van der Waals surface area contributed by atoms with Crippen molar-refractivity contribution in [2.45, 2.75) is 32.7 Å². The lowest BCUT2D eigenvalue weighted by atomic mass is 9.91. The molecule has 0 aliphatic carbocycles. The second kappa shape index (κ2) is 3.02. The molecule has 0 aromatic carbocycles. The highest BCUT2D eigenvalue weighted by molar-refractivity contribution is 5.24.